The van der Waals surface area contributed by atoms with Crippen LogP contribution < -0.4 is 20.1 Å². The molecule has 2 fully saturated rings. The molecule has 0 unspecified atom stereocenters. The standard InChI is InChI=1S/C33H34Cl2FN7O4/c1-46-31-26(12-37-11-19-9-10-28(45)40-19)38-13-24(41-31)22-7-3-5-20(29(22)34)21-6-4-8-23(30(21)35)25-14-39-27(32(42-25)47-2)15-43-16-33(36,17-43)18-44/h3-8,13-14,19,37,44H,9-12,15-18H2,1-2H3,(H,40,45)/t19-/m0/s1. The van der Waals surface area contributed by atoms with Gasteiger partial charge in [0.25, 0.3) is 0 Å². The van der Waals surface area contributed by atoms with Gasteiger partial charge in [-0.25, -0.2) is 14.4 Å². The third-order valence-electron chi connectivity index (χ3n) is 8.29. The van der Waals surface area contributed by atoms with Gasteiger partial charge in [0.05, 0.1) is 54.7 Å². The van der Waals surface area contributed by atoms with E-state index in [9.17, 15) is 14.3 Å². The number of aromatic nitrogens is 4. The summed E-state index contributed by atoms with van der Waals surface area (Å²) in [5.41, 5.74) is 3.30. The Balaban J connectivity index is 1.23. The lowest BCUT2D eigenvalue weighted by Crippen LogP contribution is -2.60. The number of aliphatic hydroxyl groups excluding tert-OH is 1. The maximum atomic E-state index is 14.2. The third kappa shape index (κ3) is 7.02. The van der Waals surface area contributed by atoms with Gasteiger partial charge in [-0.1, -0.05) is 59.6 Å². The number of likely N-dealkylation sites (tertiary alicyclic amines) is 1. The molecule has 1 atom stereocenters. The van der Waals surface area contributed by atoms with Gasteiger partial charge in [-0.2, -0.15) is 0 Å². The normalized spacial score (nSPS) is 17.3. The maximum Gasteiger partial charge on any atom is 0.237 e. The Kier molecular flexibility index (Phi) is 9.85. The van der Waals surface area contributed by atoms with E-state index < -0.39 is 12.3 Å². The molecule has 2 aliphatic heterocycles. The molecule has 3 N–H and O–H groups in total. The van der Waals surface area contributed by atoms with E-state index in [1.807, 2.05) is 41.3 Å². The minimum absolute atomic E-state index is 0.0732. The van der Waals surface area contributed by atoms with Crippen LogP contribution in [-0.4, -0.2) is 88.0 Å². The van der Waals surface area contributed by atoms with E-state index in [0.29, 0.717) is 92.9 Å². The van der Waals surface area contributed by atoms with Gasteiger partial charge < -0.3 is 25.2 Å². The van der Waals surface area contributed by atoms with Crippen molar-refractivity contribution < 1.29 is 23.8 Å². The van der Waals surface area contributed by atoms with Crippen molar-refractivity contribution in [3.05, 3.63) is 70.2 Å². The Morgan fingerprint density at radius 3 is 2.04 bits per heavy atom. The van der Waals surface area contributed by atoms with Gasteiger partial charge in [0.15, 0.2) is 5.67 Å². The molecule has 2 aromatic carbocycles. The van der Waals surface area contributed by atoms with Gasteiger partial charge in [-0.15, -0.1) is 0 Å². The van der Waals surface area contributed by atoms with Gasteiger partial charge in [0.2, 0.25) is 17.7 Å². The zero-order chi connectivity index (χ0) is 33.1. The lowest BCUT2D eigenvalue weighted by atomic mass is 9.97. The minimum atomic E-state index is -1.58. The van der Waals surface area contributed by atoms with Crippen molar-refractivity contribution in [2.45, 2.75) is 37.6 Å². The molecule has 2 aromatic heterocycles. The molecule has 2 aliphatic rings. The molecule has 47 heavy (non-hydrogen) atoms. The third-order valence-corrected chi connectivity index (χ3v) is 9.10. The van der Waals surface area contributed by atoms with Gasteiger partial charge in [-0.3, -0.25) is 19.7 Å². The van der Waals surface area contributed by atoms with Gasteiger partial charge in [0.1, 0.15) is 11.4 Å². The van der Waals surface area contributed by atoms with Crippen molar-refractivity contribution >= 4 is 29.1 Å². The topological polar surface area (TPSA) is 135 Å². The Morgan fingerprint density at radius 2 is 1.51 bits per heavy atom. The fourth-order valence-corrected chi connectivity index (χ4v) is 6.51. The highest BCUT2D eigenvalue weighted by Crippen LogP contribution is 2.42. The van der Waals surface area contributed by atoms with Crippen LogP contribution in [0.5, 0.6) is 11.8 Å². The summed E-state index contributed by atoms with van der Waals surface area (Å²) in [6, 6.07) is 11.3. The smallest absolute Gasteiger partial charge is 0.237 e. The fraction of sp³-hybridized carbons (Fsp3) is 0.364. The quantitative estimate of drug-likeness (QED) is 0.197. The SMILES string of the molecule is COc1nc(-c2cccc(-c3cccc(-c4cnc(CN5CC(F)(CO)C5)c(OC)n4)c3Cl)c2Cl)cnc1CNC[C@@H]1CCC(=O)N1. The molecule has 0 aliphatic carbocycles. The number of nitrogens with one attached hydrogen (secondary N) is 2. The summed E-state index contributed by atoms with van der Waals surface area (Å²) in [6.07, 6.45) is 4.61. The molecule has 4 aromatic rings. The Bertz CT molecular complexity index is 1790. The largest absolute Gasteiger partial charge is 0.480 e. The highest BCUT2D eigenvalue weighted by Gasteiger charge is 2.43. The van der Waals surface area contributed by atoms with Gasteiger partial charge in [-0.05, 0) is 6.42 Å². The lowest BCUT2D eigenvalue weighted by Gasteiger charge is -2.43. The van der Waals surface area contributed by atoms with Crippen LogP contribution in [-0.2, 0) is 17.9 Å². The molecule has 0 saturated carbocycles. The molecule has 14 heteroatoms. The number of hydrogen-bond donors (Lipinski definition) is 3. The van der Waals surface area contributed by atoms with Gasteiger partial charge >= 0.3 is 0 Å². The van der Waals surface area contributed by atoms with Crippen LogP contribution in [0.3, 0.4) is 0 Å². The molecular weight excluding hydrogens is 648 g/mol. The predicted molar refractivity (Wildman–Crippen MR) is 176 cm³/mol. The van der Waals surface area contributed by atoms with Crippen molar-refractivity contribution in [1.29, 1.82) is 0 Å². The number of ether oxygens (including phenoxy) is 2. The van der Waals surface area contributed by atoms with E-state index >= 15 is 0 Å². The van der Waals surface area contributed by atoms with Crippen LogP contribution >= 0.6 is 23.2 Å². The number of methoxy groups -OCH3 is 2. The number of rotatable bonds is 12. The fourth-order valence-electron chi connectivity index (χ4n) is 5.86. The van der Waals surface area contributed by atoms with Crippen LogP contribution in [0.2, 0.25) is 10.0 Å². The van der Waals surface area contributed by atoms with Crippen LogP contribution in [0.25, 0.3) is 33.6 Å². The second-order valence-electron chi connectivity index (χ2n) is 11.6. The van der Waals surface area contributed by atoms with Crippen LogP contribution in [0.15, 0.2) is 48.8 Å². The molecule has 0 bridgehead atoms. The number of amides is 1. The summed E-state index contributed by atoms with van der Waals surface area (Å²) < 4.78 is 25.2. The summed E-state index contributed by atoms with van der Waals surface area (Å²) in [5, 5.41) is 16.3. The van der Waals surface area contributed by atoms with Crippen LogP contribution in [0.1, 0.15) is 24.2 Å². The van der Waals surface area contributed by atoms with E-state index in [1.54, 1.807) is 19.5 Å². The molecule has 2 saturated heterocycles. The summed E-state index contributed by atoms with van der Waals surface area (Å²) >= 11 is 14.0. The number of nitrogens with zero attached hydrogens (tertiary/aromatic N) is 5. The first kappa shape index (κ1) is 33.0. The number of aliphatic hydroxyl groups is 1. The Labute approximate surface area is 281 Å². The zero-order valence-electron chi connectivity index (χ0n) is 25.9. The lowest BCUT2D eigenvalue weighted by molar-refractivity contribution is -0.119. The number of alkyl halides is 1. The molecule has 11 nitrogen and oxygen atoms in total. The van der Waals surface area contributed by atoms with Crippen LogP contribution in [0, 0.1) is 0 Å². The molecule has 1 amide bonds. The first-order valence-electron chi connectivity index (χ1n) is 15.1. The summed E-state index contributed by atoms with van der Waals surface area (Å²) in [5.74, 6) is 0.749. The molecule has 246 valence electrons. The minimum Gasteiger partial charge on any atom is -0.480 e. The van der Waals surface area contributed by atoms with E-state index in [-0.39, 0.29) is 25.0 Å². The summed E-state index contributed by atoms with van der Waals surface area (Å²) in [6.45, 7) is 1.11. The molecule has 0 spiro atoms. The highest BCUT2D eigenvalue weighted by atomic mass is 35.5. The summed E-state index contributed by atoms with van der Waals surface area (Å²) in [4.78, 5) is 31.8. The zero-order valence-corrected chi connectivity index (χ0v) is 27.4. The van der Waals surface area contributed by atoms with E-state index in [0.717, 1.165) is 6.42 Å². The second kappa shape index (κ2) is 14.0. The van der Waals surface area contributed by atoms with E-state index in [1.165, 1.54) is 7.11 Å². The van der Waals surface area contributed by atoms with Crippen molar-refractivity contribution in [1.82, 2.24) is 35.5 Å². The summed E-state index contributed by atoms with van der Waals surface area (Å²) in [7, 11) is 3.04. The number of benzene rings is 2. The second-order valence-corrected chi connectivity index (χ2v) is 12.4. The molecular formula is C33H34Cl2FN7O4. The van der Waals surface area contributed by atoms with E-state index in [4.69, 9.17) is 37.7 Å². The maximum absolute atomic E-state index is 14.2. The van der Waals surface area contributed by atoms with Crippen molar-refractivity contribution in [3.63, 3.8) is 0 Å². The average Bonchev–Trinajstić information content (AvgIpc) is 3.49. The number of halogens is 3. The van der Waals surface area contributed by atoms with Crippen LogP contribution in [0.4, 0.5) is 4.39 Å². The molecule has 6 rings (SSSR count). The van der Waals surface area contributed by atoms with Crippen molar-refractivity contribution in [2.24, 2.45) is 0 Å². The Hall–Kier alpha value is -3.94. The first-order chi connectivity index (χ1) is 22.7. The first-order valence-corrected chi connectivity index (χ1v) is 15.9. The monoisotopic (exact) mass is 681 g/mol. The average molecular weight is 683 g/mol. The highest BCUT2D eigenvalue weighted by molar-refractivity contribution is 6.39. The number of hydrogen-bond acceptors (Lipinski definition) is 10. The predicted octanol–water partition coefficient (Wildman–Crippen LogP) is 4.48. The molecule has 4 heterocycles. The van der Waals surface area contributed by atoms with Gasteiger partial charge in [0, 0.05) is 67.4 Å². The van der Waals surface area contributed by atoms with E-state index in [2.05, 4.69) is 25.6 Å². The number of carbonyl (C=O) groups is 1. The van der Waals surface area contributed by atoms with Crippen molar-refractivity contribution in [3.8, 4) is 45.4 Å². The number of carbonyl (C=O) groups excluding carboxylic acids is 1. The molecule has 0 radical (unpaired) electrons. The van der Waals surface area contributed by atoms with Crippen molar-refractivity contribution in [2.75, 3.05) is 40.5 Å². The Morgan fingerprint density at radius 1 is 0.957 bits per heavy atom.